The number of ether oxygens (including phenoxy) is 1. The number of carboxylic acid groups (broad SMARTS) is 2. The molecule has 0 aliphatic rings. The average Bonchev–Trinajstić information content (AvgIpc) is 2.69. The van der Waals surface area contributed by atoms with Crippen LogP contribution in [0.5, 0.6) is 5.75 Å². The molecule has 0 aliphatic carbocycles. The number of benzene rings is 1. The fourth-order valence-corrected chi connectivity index (χ4v) is 4.43. The molecule has 0 aromatic heterocycles. The van der Waals surface area contributed by atoms with Crippen molar-refractivity contribution in [2.45, 2.75) is 108 Å². The Hall–Kier alpha value is -1.69. The Morgan fingerprint density at radius 3 is 2.23 bits per heavy atom. The molecule has 170 valence electrons. The van der Waals surface area contributed by atoms with Crippen molar-refractivity contribution in [1.29, 1.82) is 0 Å². The van der Waals surface area contributed by atoms with Crippen molar-refractivity contribution in [3.05, 3.63) is 23.8 Å². The summed E-state index contributed by atoms with van der Waals surface area (Å²) < 4.78 is 5.94. The molecule has 0 radical (unpaired) electrons. The second-order valence-corrected chi connectivity index (χ2v) is 9.26. The van der Waals surface area contributed by atoms with Crippen molar-refractivity contribution in [2.24, 2.45) is 0 Å². The van der Waals surface area contributed by atoms with Crippen LogP contribution in [-0.4, -0.2) is 33.5 Å². The molecule has 6 heteroatoms. The van der Waals surface area contributed by atoms with Gasteiger partial charge in [0.15, 0.2) is 0 Å². The number of aryl methyl sites for hydroxylation is 1. The van der Waals surface area contributed by atoms with E-state index in [0.29, 0.717) is 18.6 Å². The topological polar surface area (TPSA) is 83.8 Å². The SMILES string of the molecule is CCCCCCCCCCC(Sc1cc(C)ccc1OC(C)CCC(=O)O)C(=O)O. The van der Waals surface area contributed by atoms with Crippen LogP contribution >= 0.6 is 11.8 Å². The summed E-state index contributed by atoms with van der Waals surface area (Å²) in [5.41, 5.74) is 1.04. The standard InChI is InChI=1S/C24H38O5S/c1-4-5-6-7-8-9-10-11-12-21(24(27)28)30-22-17-18(2)13-15-20(22)29-19(3)14-16-23(25)26/h13,15,17,19,21H,4-12,14,16H2,1-3H3,(H,25,26)(H,27,28). The normalized spacial score (nSPS) is 13.0. The van der Waals surface area contributed by atoms with Gasteiger partial charge < -0.3 is 14.9 Å². The third-order valence-corrected chi connectivity index (χ3v) is 6.35. The van der Waals surface area contributed by atoms with Crippen molar-refractivity contribution in [1.82, 2.24) is 0 Å². The molecule has 2 N–H and O–H groups in total. The molecule has 1 aromatic carbocycles. The highest BCUT2D eigenvalue weighted by molar-refractivity contribution is 8.00. The van der Waals surface area contributed by atoms with Crippen LogP contribution in [0.4, 0.5) is 0 Å². The summed E-state index contributed by atoms with van der Waals surface area (Å²) >= 11 is 1.34. The molecule has 1 rings (SSSR count). The van der Waals surface area contributed by atoms with Gasteiger partial charge in [0.1, 0.15) is 11.0 Å². The summed E-state index contributed by atoms with van der Waals surface area (Å²) in [7, 11) is 0. The molecule has 0 saturated heterocycles. The third-order valence-electron chi connectivity index (χ3n) is 5.06. The third kappa shape index (κ3) is 11.5. The zero-order chi connectivity index (χ0) is 22.4. The smallest absolute Gasteiger partial charge is 0.316 e. The summed E-state index contributed by atoms with van der Waals surface area (Å²) in [5.74, 6) is -1.01. The maximum absolute atomic E-state index is 11.8. The molecule has 5 nitrogen and oxygen atoms in total. The minimum absolute atomic E-state index is 0.0473. The fraction of sp³-hybridized carbons (Fsp3) is 0.667. The van der Waals surface area contributed by atoms with Crippen LogP contribution in [0.1, 0.15) is 90.0 Å². The summed E-state index contributed by atoms with van der Waals surface area (Å²) in [5, 5.41) is 18.0. The molecule has 0 aliphatic heterocycles. The van der Waals surface area contributed by atoms with Crippen molar-refractivity contribution < 1.29 is 24.5 Å². The largest absolute Gasteiger partial charge is 0.490 e. The molecule has 2 atom stereocenters. The van der Waals surface area contributed by atoms with Gasteiger partial charge in [-0.3, -0.25) is 9.59 Å². The van der Waals surface area contributed by atoms with E-state index >= 15 is 0 Å². The van der Waals surface area contributed by atoms with Crippen LogP contribution in [0.15, 0.2) is 23.1 Å². The zero-order valence-electron chi connectivity index (χ0n) is 18.7. The van der Waals surface area contributed by atoms with Gasteiger partial charge >= 0.3 is 11.9 Å². The highest BCUT2D eigenvalue weighted by atomic mass is 32.2. The van der Waals surface area contributed by atoms with Gasteiger partial charge in [-0.25, -0.2) is 0 Å². The van der Waals surface area contributed by atoms with E-state index in [1.165, 1.54) is 50.3 Å². The van der Waals surface area contributed by atoms with Crippen LogP contribution < -0.4 is 4.74 Å². The van der Waals surface area contributed by atoms with Crippen molar-refractivity contribution in [2.75, 3.05) is 0 Å². The van der Waals surface area contributed by atoms with Gasteiger partial charge in [0, 0.05) is 6.42 Å². The number of carbonyl (C=O) groups is 2. The van der Waals surface area contributed by atoms with Crippen LogP contribution in [-0.2, 0) is 9.59 Å². The van der Waals surface area contributed by atoms with E-state index in [9.17, 15) is 14.7 Å². The number of unbranched alkanes of at least 4 members (excludes halogenated alkanes) is 7. The molecule has 0 amide bonds. The first-order chi connectivity index (χ1) is 14.3. The Kier molecular flexibility index (Phi) is 13.3. The first-order valence-corrected chi connectivity index (χ1v) is 12.1. The van der Waals surface area contributed by atoms with Gasteiger partial charge in [0.2, 0.25) is 0 Å². The fourth-order valence-electron chi connectivity index (χ4n) is 3.26. The Bertz CT molecular complexity index is 646. The number of aliphatic carboxylic acids is 2. The van der Waals surface area contributed by atoms with E-state index in [2.05, 4.69) is 6.92 Å². The number of carboxylic acids is 2. The Morgan fingerprint density at radius 2 is 1.63 bits per heavy atom. The molecule has 0 spiro atoms. The predicted octanol–water partition coefficient (Wildman–Crippen LogP) is 6.70. The van der Waals surface area contributed by atoms with Crippen LogP contribution in [0, 0.1) is 6.92 Å². The number of hydrogen-bond donors (Lipinski definition) is 2. The van der Waals surface area contributed by atoms with Crippen molar-refractivity contribution in [3.8, 4) is 5.75 Å². The first kappa shape index (κ1) is 26.3. The Labute approximate surface area is 185 Å². The molecular formula is C24H38O5S. The van der Waals surface area contributed by atoms with Crippen molar-refractivity contribution >= 4 is 23.7 Å². The molecule has 0 fully saturated rings. The Morgan fingerprint density at radius 1 is 1.00 bits per heavy atom. The lowest BCUT2D eigenvalue weighted by Gasteiger charge is -2.19. The van der Waals surface area contributed by atoms with E-state index in [0.717, 1.165) is 23.3 Å². The van der Waals surface area contributed by atoms with E-state index in [4.69, 9.17) is 9.84 Å². The molecular weight excluding hydrogens is 400 g/mol. The number of hydrogen-bond acceptors (Lipinski definition) is 4. The molecule has 30 heavy (non-hydrogen) atoms. The molecule has 0 bridgehead atoms. The molecule has 1 aromatic rings. The second kappa shape index (κ2) is 15.2. The maximum Gasteiger partial charge on any atom is 0.316 e. The van der Waals surface area contributed by atoms with Crippen LogP contribution in [0.25, 0.3) is 0 Å². The second-order valence-electron chi connectivity index (χ2n) is 8.02. The quantitative estimate of drug-likeness (QED) is 0.208. The highest BCUT2D eigenvalue weighted by Gasteiger charge is 2.21. The summed E-state index contributed by atoms with van der Waals surface area (Å²) in [6.45, 7) is 6.02. The van der Waals surface area contributed by atoms with Gasteiger partial charge in [-0.1, -0.05) is 64.4 Å². The van der Waals surface area contributed by atoms with Gasteiger partial charge in [-0.15, -0.1) is 11.8 Å². The van der Waals surface area contributed by atoms with Gasteiger partial charge in [-0.05, 0) is 44.4 Å². The van der Waals surface area contributed by atoms with Gasteiger partial charge in [0.25, 0.3) is 0 Å². The molecule has 0 saturated carbocycles. The molecule has 2 unspecified atom stereocenters. The lowest BCUT2D eigenvalue weighted by Crippen LogP contribution is -2.17. The molecule has 0 heterocycles. The van der Waals surface area contributed by atoms with E-state index in [1.807, 2.05) is 32.0 Å². The van der Waals surface area contributed by atoms with E-state index in [1.54, 1.807) is 0 Å². The highest BCUT2D eigenvalue weighted by Crippen LogP contribution is 2.36. The maximum atomic E-state index is 11.8. The van der Waals surface area contributed by atoms with E-state index < -0.39 is 17.2 Å². The van der Waals surface area contributed by atoms with Gasteiger partial charge in [-0.2, -0.15) is 0 Å². The monoisotopic (exact) mass is 438 g/mol. The minimum atomic E-state index is -0.847. The number of rotatable bonds is 17. The number of thioether (sulfide) groups is 1. The van der Waals surface area contributed by atoms with Crippen LogP contribution in [0.3, 0.4) is 0 Å². The Balaban J connectivity index is 2.59. The predicted molar refractivity (Wildman–Crippen MR) is 123 cm³/mol. The lowest BCUT2D eigenvalue weighted by atomic mass is 10.1. The van der Waals surface area contributed by atoms with E-state index in [-0.39, 0.29) is 12.5 Å². The van der Waals surface area contributed by atoms with Crippen molar-refractivity contribution in [3.63, 3.8) is 0 Å². The summed E-state index contributed by atoms with van der Waals surface area (Å²) in [4.78, 5) is 23.4. The summed E-state index contributed by atoms with van der Waals surface area (Å²) in [6.07, 6.45) is 10.3. The first-order valence-electron chi connectivity index (χ1n) is 11.2. The lowest BCUT2D eigenvalue weighted by molar-refractivity contribution is -0.138. The minimum Gasteiger partial charge on any atom is -0.490 e. The summed E-state index contributed by atoms with van der Waals surface area (Å²) in [6, 6.07) is 5.73. The van der Waals surface area contributed by atoms with Crippen LogP contribution in [0.2, 0.25) is 0 Å². The zero-order valence-corrected chi connectivity index (χ0v) is 19.5. The average molecular weight is 439 g/mol. The van der Waals surface area contributed by atoms with Gasteiger partial charge in [0.05, 0.1) is 11.0 Å².